The molecule has 0 spiro atoms. The van der Waals surface area contributed by atoms with Crippen LogP contribution in [-0.4, -0.2) is 19.7 Å². The molecule has 6 nitrogen and oxygen atoms in total. The van der Waals surface area contributed by atoms with Gasteiger partial charge in [-0.1, -0.05) is 48.9 Å². The molecule has 0 saturated carbocycles. The fourth-order valence-electron chi connectivity index (χ4n) is 3.03. The van der Waals surface area contributed by atoms with E-state index in [0.717, 1.165) is 17.7 Å². The van der Waals surface area contributed by atoms with Crippen molar-refractivity contribution >= 4 is 28.6 Å². The third kappa shape index (κ3) is 3.44. The molecule has 0 fully saturated rings. The van der Waals surface area contributed by atoms with Crippen LogP contribution in [0.25, 0.3) is 16.7 Å². The Morgan fingerprint density at radius 2 is 1.89 bits per heavy atom. The molecule has 2 N–H and O–H groups in total. The van der Waals surface area contributed by atoms with Gasteiger partial charge in [0.15, 0.2) is 5.65 Å². The molecule has 0 aliphatic carbocycles. The SMILES string of the molecule is CCC(Nc1nc2c(cnn2-c2ccccc2)c(=O)[nH]1)c1ccc(Cl)cc1. The highest BCUT2D eigenvalue weighted by molar-refractivity contribution is 6.30. The highest BCUT2D eigenvalue weighted by Gasteiger charge is 2.14. The first-order chi connectivity index (χ1) is 13.2. The van der Waals surface area contributed by atoms with Crippen molar-refractivity contribution in [3.63, 3.8) is 0 Å². The molecule has 136 valence electrons. The van der Waals surface area contributed by atoms with Crippen molar-refractivity contribution in [2.75, 3.05) is 5.32 Å². The van der Waals surface area contributed by atoms with Gasteiger partial charge in [-0.05, 0) is 36.2 Å². The maximum Gasteiger partial charge on any atom is 0.263 e. The predicted molar refractivity (Wildman–Crippen MR) is 108 cm³/mol. The third-order valence-electron chi connectivity index (χ3n) is 4.43. The molecule has 2 heterocycles. The highest BCUT2D eigenvalue weighted by Crippen LogP contribution is 2.23. The van der Waals surface area contributed by atoms with Crippen LogP contribution in [0.2, 0.25) is 5.02 Å². The number of para-hydroxylation sites is 1. The molecule has 0 amide bonds. The molecular weight excluding hydrogens is 362 g/mol. The summed E-state index contributed by atoms with van der Waals surface area (Å²) in [6.07, 6.45) is 2.36. The van der Waals surface area contributed by atoms with Crippen LogP contribution in [0.3, 0.4) is 0 Å². The normalized spacial score (nSPS) is 12.2. The average Bonchev–Trinajstić information content (AvgIpc) is 3.12. The second kappa shape index (κ2) is 7.25. The minimum atomic E-state index is -0.226. The van der Waals surface area contributed by atoms with Crippen molar-refractivity contribution < 1.29 is 0 Å². The lowest BCUT2D eigenvalue weighted by Gasteiger charge is -2.18. The van der Waals surface area contributed by atoms with Gasteiger partial charge in [0, 0.05) is 5.02 Å². The summed E-state index contributed by atoms with van der Waals surface area (Å²) < 4.78 is 1.67. The second-order valence-corrected chi connectivity index (χ2v) is 6.64. The number of fused-ring (bicyclic) bond motifs is 1. The topological polar surface area (TPSA) is 75.6 Å². The molecule has 1 atom stereocenters. The van der Waals surface area contributed by atoms with Crippen molar-refractivity contribution in [3.8, 4) is 5.69 Å². The monoisotopic (exact) mass is 379 g/mol. The summed E-state index contributed by atoms with van der Waals surface area (Å²) in [6.45, 7) is 2.07. The Labute approximate surface area is 160 Å². The largest absolute Gasteiger partial charge is 0.349 e. The van der Waals surface area contributed by atoms with Crippen LogP contribution >= 0.6 is 11.6 Å². The van der Waals surface area contributed by atoms with Gasteiger partial charge in [-0.2, -0.15) is 10.1 Å². The van der Waals surface area contributed by atoms with E-state index < -0.39 is 0 Å². The number of nitrogens with zero attached hydrogens (tertiary/aromatic N) is 3. The summed E-state index contributed by atoms with van der Waals surface area (Å²) in [4.78, 5) is 19.9. The zero-order chi connectivity index (χ0) is 18.8. The Bertz CT molecular complexity index is 1120. The molecule has 4 aromatic rings. The first-order valence-corrected chi connectivity index (χ1v) is 9.09. The number of benzene rings is 2. The molecule has 2 aromatic carbocycles. The number of anilines is 1. The van der Waals surface area contributed by atoms with Gasteiger partial charge in [0.2, 0.25) is 5.95 Å². The quantitative estimate of drug-likeness (QED) is 0.541. The first-order valence-electron chi connectivity index (χ1n) is 8.71. The standard InChI is InChI=1S/C20H18ClN5O/c1-2-17(13-8-10-14(21)11-9-13)23-20-24-18-16(19(27)25-20)12-22-26(18)15-6-4-3-5-7-15/h3-12,17H,2H2,1H3,(H2,23,24,25,27). The first kappa shape index (κ1) is 17.3. The fourth-order valence-corrected chi connectivity index (χ4v) is 3.15. The van der Waals surface area contributed by atoms with E-state index in [2.05, 4.69) is 27.3 Å². The van der Waals surface area contributed by atoms with Gasteiger partial charge < -0.3 is 5.32 Å². The number of H-pyrrole nitrogens is 1. The van der Waals surface area contributed by atoms with Gasteiger partial charge in [-0.25, -0.2) is 4.68 Å². The van der Waals surface area contributed by atoms with Crippen molar-refractivity contribution in [3.05, 3.63) is 81.7 Å². The van der Waals surface area contributed by atoms with Crippen LogP contribution < -0.4 is 10.9 Å². The number of aromatic nitrogens is 4. The Morgan fingerprint density at radius 3 is 2.59 bits per heavy atom. The predicted octanol–water partition coefficient (Wildman–Crippen LogP) is 4.33. The van der Waals surface area contributed by atoms with E-state index in [4.69, 9.17) is 11.6 Å². The summed E-state index contributed by atoms with van der Waals surface area (Å²) >= 11 is 5.98. The minimum Gasteiger partial charge on any atom is -0.349 e. The summed E-state index contributed by atoms with van der Waals surface area (Å²) in [6, 6.07) is 17.2. The number of aromatic amines is 1. The van der Waals surface area contributed by atoms with E-state index in [1.54, 1.807) is 4.68 Å². The van der Waals surface area contributed by atoms with E-state index >= 15 is 0 Å². The van der Waals surface area contributed by atoms with E-state index in [9.17, 15) is 4.79 Å². The molecular formula is C20H18ClN5O. The van der Waals surface area contributed by atoms with Crippen molar-refractivity contribution in [1.29, 1.82) is 0 Å². The van der Waals surface area contributed by atoms with Gasteiger partial charge in [-0.3, -0.25) is 9.78 Å². The molecule has 2 aromatic heterocycles. The van der Waals surface area contributed by atoms with Crippen LogP contribution in [0.4, 0.5) is 5.95 Å². The Hall–Kier alpha value is -3.12. The lowest BCUT2D eigenvalue weighted by molar-refractivity contribution is 0.738. The van der Waals surface area contributed by atoms with Crippen molar-refractivity contribution in [2.45, 2.75) is 19.4 Å². The third-order valence-corrected chi connectivity index (χ3v) is 4.68. The Balaban J connectivity index is 1.74. The van der Waals surface area contributed by atoms with Crippen molar-refractivity contribution in [2.24, 2.45) is 0 Å². The molecule has 7 heteroatoms. The van der Waals surface area contributed by atoms with Gasteiger partial charge in [0.1, 0.15) is 5.39 Å². The number of hydrogen-bond acceptors (Lipinski definition) is 4. The molecule has 4 rings (SSSR count). The zero-order valence-electron chi connectivity index (χ0n) is 14.7. The maximum atomic E-state index is 12.5. The Kier molecular flexibility index (Phi) is 4.64. The van der Waals surface area contributed by atoms with E-state index in [1.165, 1.54) is 6.20 Å². The molecule has 0 bridgehead atoms. The summed E-state index contributed by atoms with van der Waals surface area (Å²) in [7, 11) is 0. The number of hydrogen-bond donors (Lipinski definition) is 2. The lowest BCUT2D eigenvalue weighted by atomic mass is 10.1. The van der Waals surface area contributed by atoms with Crippen LogP contribution in [0.1, 0.15) is 24.9 Å². The van der Waals surface area contributed by atoms with Gasteiger partial charge in [-0.15, -0.1) is 0 Å². The van der Waals surface area contributed by atoms with E-state index in [-0.39, 0.29) is 11.6 Å². The second-order valence-electron chi connectivity index (χ2n) is 6.20. The number of nitrogens with one attached hydrogen (secondary N) is 2. The molecule has 0 aliphatic heterocycles. The lowest BCUT2D eigenvalue weighted by Crippen LogP contribution is -2.17. The average molecular weight is 380 g/mol. The van der Waals surface area contributed by atoms with Crippen LogP contribution in [-0.2, 0) is 0 Å². The zero-order valence-corrected chi connectivity index (χ0v) is 15.4. The smallest absolute Gasteiger partial charge is 0.263 e. The minimum absolute atomic E-state index is 0.00374. The molecule has 0 saturated heterocycles. The summed E-state index contributed by atoms with van der Waals surface area (Å²) in [5, 5.41) is 8.78. The molecule has 0 radical (unpaired) electrons. The maximum absolute atomic E-state index is 12.5. The van der Waals surface area contributed by atoms with Crippen molar-refractivity contribution in [1.82, 2.24) is 19.7 Å². The fraction of sp³-hybridized carbons (Fsp3) is 0.150. The molecule has 27 heavy (non-hydrogen) atoms. The van der Waals surface area contributed by atoms with E-state index in [1.807, 2.05) is 54.6 Å². The summed E-state index contributed by atoms with van der Waals surface area (Å²) in [5.74, 6) is 0.409. The number of rotatable bonds is 5. The van der Waals surface area contributed by atoms with Crippen LogP contribution in [0, 0.1) is 0 Å². The van der Waals surface area contributed by atoms with Gasteiger partial charge in [0.25, 0.3) is 5.56 Å². The van der Waals surface area contributed by atoms with Crippen LogP contribution in [0.5, 0.6) is 0 Å². The molecule has 1 unspecified atom stereocenters. The number of halogens is 1. The highest BCUT2D eigenvalue weighted by atomic mass is 35.5. The van der Waals surface area contributed by atoms with Gasteiger partial charge >= 0.3 is 0 Å². The van der Waals surface area contributed by atoms with E-state index in [0.29, 0.717) is 22.0 Å². The Morgan fingerprint density at radius 1 is 1.15 bits per heavy atom. The summed E-state index contributed by atoms with van der Waals surface area (Å²) in [5.41, 5.74) is 2.21. The van der Waals surface area contributed by atoms with Gasteiger partial charge in [0.05, 0.1) is 17.9 Å². The van der Waals surface area contributed by atoms with Crippen LogP contribution in [0.15, 0.2) is 65.6 Å². The molecule has 0 aliphatic rings.